The maximum absolute atomic E-state index is 9.31. The molecule has 0 aliphatic rings. The van der Waals surface area contributed by atoms with Gasteiger partial charge in [-0.3, -0.25) is 4.90 Å². The van der Waals surface area contributed by atoms with E-state index in [1.165, 1.54) is 5.56 Å². The molecule has 1 aromatic heterocycles. The van der Waals surface area contributed by atoms with Crippen molar-refractivity contribution in [2.75, 3.05) is 19.7 Å². The Morgan fingerprint density at radius 1 is 0.917 bits per heavy atom. The molecule has 3 rings (SSSR count). The molecule has 2 aromatic carbocycles. The van der Waals surface area contributed by atoms with E-state index in [0.717, 1.165) is 24.5 Å². The van der Waals surface area contributed by atoms with Gasteiger partial charge in [0.25, 0.3) is 0 Å². The number of aliphatic hydroxyl groups is 1. The summed E-state index contributed by atoms with van der Waals surface area (Å²) in [4.78, 5) is 6.58. The molecule has 0 amide bonds. The fourth-order valence-corrected chi connectivity index (χ4v) is 2.62. The second kappa shape index (κ2) is 8.38. The van der Waals surface area contributed by atoms with Gasteiger partial charge in [0, 0.05) is 13.1 Å². The average molecular weight is 322 g/mol. The maximum Gasteiger partial charge on any atom is 0.164 e. The van der Waals surface area contributed by atoms with Crippen LogP contribution in [0, 0.1) is 0 Å². The largest absolute Gasteiger partial charge is 0.395 e. The number of hydrogen-bond acceptors (Lipinski definition) is 4. The highest BCUT2D eigenvalue weighted by Crippen LogP contribution is 2.07. The lowest BCUT2D eigenvalue weighted by molar-refractivity contribution is 0.188. The zero-order valence-electron chi connectivity index (χ0n) is 13.6. The van der Waals surface area contributed by atoms with E-state index in [0.29, 0.717) is 13.1 Å². The maximum atomic E-state index is 9.31. The highest BCUT2D eigenvalue weighted by atomic mass is 16.3. The normalized spacial score (nSPS) is 11.1. The first-order chi connectivity index (χ1) is 11.8. The Morgan fingerprint density at radius 3 is 2.33 bits per heavy atom. The molecule has 1 heterocycles. The Balaban J connectivity index is 1.62. The summed E-state index contributed by atoms with van der Waals surface area (Å²) in [7, 11) is 0. The third-order valence-corrected chi connectivity index (χ3v) is 3.90. The van der Waals surface area contributed by atoms with Crippen molar-refractivity contribution in [3.8, 4) is 5.69 Å². The van der Waals surface area contributed by atoms with E-state index in [2.05, 4.69) is 39.2 Å². The van der Waals surface area contributed by atoms with E-state index < -0.39 is 0 Å². The van der Waals surface area contributed by atoms with Crippen molar-refractivity contribution in [2.45, 2.75) is 13.0 Å². The molecular weight excluding hydrogens is 300 g/mol. The minimum absolute atomic E-state index is 0.133. The molecule has 0 aliphatic heterocycles. The van der Waals surface area contributed by atoms with Crippen LogP contribution in [0.2, 0.25) is 0 Å². The van der Waals surface area contributed by atoms with Crippen molar-refractivity contribution in [2.24, 2.45) is 0 Å². The van der Waals surface area contributed by atoms with Gasteiger partial charge < -0.3 is 5.11 Å². The van der Waals surface area contributed by atoms with Crippen LogP contribution in [0.4, 0.5) is 0 Å². The predicted octanol–water partition coefficient (Wildman–Crippen LogP) is 2.30. The third-order valence-electron chi connectivity index (χ3n) is 3.90. The SMILES string of the molecule is OCCN(CCc1ccccc1)Cc1ncn(-c2ccccc2)n1. The number of para-hydroxylation sites is 1. The molecule has 0 saturated heterocycles. The third kappa shape index (κ3) is 4.50. The topological polar surface area (TPSA) is 54.2 Å². The van der Waals surface area contributed by atoms with Crippen molar-refractivity contribution < 1.29 is 5.11 Å². The lowest BCUT2D eigenvalue weighted by Crippen LogP contribution is -2.29. The van der Waals surface area contributed by atoms with Crippen molar-refractivity contribution in [1.29, 1.82) is 0 Å². The lowest BCUT2D eigenvalue weighted by Gasteiger charge is -2.19. The van der Waals surface area contributed by atoms with Crippen molar-refractivity contribution >= 4 is 0 Å². The van der Waals surface area contributed by atoms with Crippen LogP contribution in [0.5, 0.6) is 0 Å². The number of aromatic nitrogens is 3. The molecule has 3 aromatic rings. The molecule has 0 unspecified atom stereocenters. The van der Waals surface area contributed by atoms with Gasteiger partial charge in [0.15, 0.2) is 5.82 Å². The van der Waals surface area contributed by atoms with E-state index in [1.54, 1.807) is 11.0 Å². The first kappa shape index (κ1) is 16.4. The molecule has 0 fully saturated rings. The molecule has 1 N–H and O–H groups in total. The molecule has 0 aliphatic carbocycles. The van der Waals surface area contributed by atoms with E-state index >= 15 is 0 Å². The van der Waals surface area contributed by atoms with Gasteiger partial charge in [0.05, 0.1) is 18.8 Å². The molecule has 0 spiro atoms. The Morgan fingerprint density at radius 2 is 1.62 bits per heavy atom. The molecule has 0 bridgehead atoms. The predicted molar refractivity (Wildman–Crippen MR) is 93.9 cm³/mol. The summed E-state index contributed by atoms with van der Waals surface area (Å²) in [6.45, 7) is 2.25. The van der Waals surface area contributed by atoms with Crippen molar-refractivity contribution in [1.82, 2.24) is 19.7 Å². The lowest BCUT2D eigenvalue weighted by atomic mass is 10.1. The first-order valence-electron chi connectivity index (χ1n) is 8.18. The molecule has 0 saturated carbocycles. The summed E-state index contributed by atoms with van der Waals surface area (Å²) in [6.07, 6.45) is 2.68. The summed E-state index contributed by atoms with van der Waals surface area (Å²) in [5.74, 6) is 0.764. The quantitative estimate of drug-likeness (QED) is 0.691. The molecular formula is C19H22N4O. The van der Waals surface area contributed by atoms with Gasteiger partial charge in [-0.15, -0.1) is 5.10 Å². The molecule has 0 radical (unpaired) electrons. The molecule has 24 heavy (non-hydrogen) atoms. The van der Waals surface area contributed by atoms with Gasteiger partial charge in [0.1, 0.15) is 6.33 Å². The van der Waals surface area contributed by atoms with Crippen LogP contribution in [0.3, 0.4) is 0 Å². The van der Waals surface area contributed by atoms with Crippen LogP contribution in [0.1, 0.15) is 11.4 Å². The average Bonchev–Trinajstić information content (AvgIpc) is 3.10. The van der Waals surface area contributed by atoms with Crippen molar-refractivity contribution in [3.63, 3.8) is 0 Å². The van der Waals surface area contributed by atoms with E-state index in [4.69, 9.17) is 0 Å². The fraction of sp³-hybridized carbons (Fsp3) is 0.263. The van der Waals surface area contributed by atoms with E-state index in [9.17, 15) is 5.11 Å². The smallest absolute Gasteiger partial charge is 0.164 e. The van der Waals surface area contributed by atoms with E-state index in [1.807, 2.05) is 36.4 Å². The second-order valence-electron chi connectivity index (χ2n) is 5.68. The Bertz CT molecular complexity index is 727. The highest BCUT2D eigenvalue weighted by Gasteiger charge is 2.10. The molecule has 0 atom stereocenters. The van der Waals surface area contributed by atoms with Crippen LogP contribution < -0.4 is 0 Å². The molecule has 5 heteroatoms. The molecule has 5 nitrogen and oxygen atoms in total. The zero-order valence-corrected chi connectivity index (χ0v) is 13.6. The number of benzene rings is 2. The van der Waals surface area contributed by atoms with Gasteiger partial charge in [-0.1, -0.05) is 48.5 Å². The monoisotopic (exact) mass is 322 g/mol. The van der Waals surface area contributed by atoms with Crippen LogP contribution >= 0.6 is 0 Å². The van der Waals surface area contributed by atoms with Gasteiger partial charge in [-0.25, -0.2) is 9.67 Å². The first-order valence-corrected chi connectivity index (χ1v) is 8.18. The second-order valence-corrected chi connectivity index (χ2v) is 5.68. The summed E-state index contributed by atoms with van der Waals surface area (Å²) in [5, 5.41) is 13.8. The summed E-state index contributed by atoms with van der Waals surface area (Å²) < 4.78 is 1.78. The number of hydrogen-bond donors (Lipinski definition) is 1. The fourth-order valence-electron chi connectivity index (χ4n) is 2.62. The number of rotatable bonds is 8. The number of nitrogens with zero attached hydrogens (tertiary/aromatic N) is 4. The van der Waals surface area contributed by atoms with Crippen LogP contribution in [-0.4, -0.2) is 44.5 Å². The van der Waals surface area contributed by atoms with Crippen LogP contribution in [0.25, 0.3) is 5.69 Å². The van der Waals surface area contributed by atoms with Crippen LogP contribution in [0.15, 0.2) is 67.0 Å². The van der Waals surface area contributed by atoms with E-state index in [-0.39, 0.29) is 6.61 Å². The van der Waals surface area contributed by atoms with Crippen LogP contribution in [-0.2, 0) is 13.0 Å². The highest BCUT2D eigenvalue weighted by molar-refractivity contribution is 5.29. The molecule has 124 valence electrons. The Kier molecular flexibility index (Phi) is 5.71. The summed E-state index contributed by atoms with van der Waals surface area (Å²) in [5.41, 5.74) is 2.29. The number of aliphatic hydroxyl groups excluding tert-OH is 1. The van der Waals surface area contributed by atoms with Gasteiger partial charge in [-0.05, 0) is 24.1 Å². The standard InChI is InChI=1S/C19H22N4O/c24-14-13-22(12-11-17-7-3-1-4-8-17)15-19-20-16-23(21-19)18-9-5-2-6-10-18/h1-10,16,24H,11-15H2. The Labute approximate surface area is 142 Å². The van der Waals surface area contributed by atoms with Gasteiger partial charge in [-0.2, -0.15) is 0 Å². The Hall–Kier alpha value is -2.50. The van der Waals surface area contributed by atoms with Gasteiger partial charge in [0.2, 0.25) is 0 Å². The summed E-state index contributed by atoms with van der Waals surface area (Å²) >= 11 is 0. The zero-order chi connectivity index (χ0) is 16.6. The van der Waals surface area contributed by atoms with Gasteiger partial charge >= 0.3 is 0 Å². The minimum Gasteiger partial charge on any atom is -0.395 e. The minimum atomic E-state index is 0.133. The summed E-state index contributed by atoms with van der Waals surface area (Å²) in [6, 6.07) is 20.3. The van der Waals surface area contributed by atoms with Crippen molar-refractivity contribution in [3.05, 3.63) is 78.4 Å².